The Balaban J connectivity index is 1.95. The van der Waals surface area contributed by atoms with Gasteiger partial charge in [-0.25, -0.2) is 0 Å². The summed E-state index contributed by atoms with van der Waals surface area (Å²) < 4.78 is 1.19. The molecule has 0 unspecified atom stereocenters. The van der Waals surface area contributed by atoms with Gasteiger partial charge in [0, 0.05) is 25.4 Å². The topological polar surface area (TPSA) is 0 Å². The molecule has 0 nitrogen and oxygen atoms in total. The molecule has 0 saturated carbocycles. The molecule has 0 aliphatic carbocycles. The predicted molar refractivity (Wildman–Crippen MR) is 82.1 cm³/mol. The molecule has 2 rings (SSSR count). The van der Waals surface area contributed by atoms with E-state index in [1.807, 2.05) is 23.1 Å². The van der Waals surface area contributed by atoms with Crippen LogP contribution in [-0.2, 0) is 5.75 Å². The summed E-state index contributed by atoms with van der Waals surface area (Å²) in [5, 5.41) is 2.14. The van der Waals surface area contributed by atoms with Crippen LogP contribution in [-0.4, -0.2) is 0 Å². The smallest absolute Gasteiger partial charge is 0.0326 e. The first-order valence-electron chi connectivity index (χ1n) is 5.61. The van der Waals surface area contributed by atoms with Gasteiger partial charge in [-0.15, -0.1) is 23.1 Å². The highest BCUT2D eigenvalue weighted by molar-refractivity contribution is 9.10. The van der Waals surface area contributed by atoms with E-state index in [1.54, 1.807) is 0 Å². The van der Waals surface area contributed by atoms with Gasteiger partial charge in [0.2, 0.25) is 0 Å². The zero-order valence-corrected chi connectivity index (χ0v) is 13.2. The number of hydrogen-bond donors (Lipinski definition) is 0. The fraction of sp³-hybridized carbons (Fsp3) is 0.286. The van der Waals surface area contributed by atoms with Crippen LogP contribution < -0.4 is 0 Å². The van der Waals surface area contributed by atoms with Gasteiger partial charge in [-0.05, 0) is 45.6 Å². The van der Waals surface area contributed by atoms with Crippen LogP contribution in [0.3, 0.4) is 0 Å². The lowest BCUT2D eigenvalue weighted by Gasteiger charge is -2.06. The normalized spacial score (nSPS) is 11.1. The number of halogens is 1. The summed E-state index contributed by atoms with van der Waals surface area (Å²) in [6.07, 6.45) is 0. The molecule has 1 aromatic carbocycles. The molecule has 0 bridgehead atoms. The second-order valence-electron chi connectivity index (χ2n) is 4.24. The molecule has 17 heavy (non-hydrogen) atoms. The second kappa shape index (κ2) is 6.07. The number of thioether (sulfide) groups is 1. The third-order valence-corrected chi connectivity index (χ3v) is 5.49. The quantitative estimate of drug-likeness (QED) is 0.628. The van der Waals surface area contributed by atoms with Gasteiger partial charge in [0.15, 0.2) is 0 Å². The third-order valence-electron chi connectivity index (χ3n) is 2.55. The largest absolute Gasteiger partial charge is 0.147 e. The molecule has 2 aromatic rings. The van der Waals surface area contributed by atoms with Crippen molar-refractivity contribution in [1.82, 2.24) is 0 Å². The van der Waals surface area contributed by atoms with Crippen LogP contribution in [0, 0.1) is 0 Å². The van der Waals surface area contributed by atoms with E-state index in [0.29, 0.717) is 5.92 Å². The molecule has 0 spiro atoms. The summed E-state index contributed by atoms with van der Waals surface area (Å²) in [5.41, 5.74) is 1.41. The fourth-order valence-corrected chi connectivity index (χ4v) is 3.94. The van der Waals surface area contributed by atoms with E-state index >= 15 is 0 Å². The van der Waals surface area contributed by atoms with Crippen LogP contribution >= 0.6 is 39.0 Å². The zero-order valence-electron chi connectivity index (χ0n) is 9.94. The minimum Gasteiger partial charge on any atom is -0.147 e. The van der Waals surface area contributed by atoms with Crippen molar-refractivity contribution >= 4 is 39.0 Å². The van der Waals surface area contributed by atoms with Crippen molar-refractivity contribution in [2.75, 3.05) is 0 Å². The Labute approximate surface area is 120 Å². The number of benzene rings is 1. The highest BCUT2D eigenvalue weighted by Gasteiger charge is 2.01. The molecule has 0 aliphatic rings. The maximum absolute atomic E-state index is 3.48. The lowest BCUT2D eigenvalue weighted by Crippen LogP contribution is -1.85. The maximum Gasteiger partial charge on any atom is 0.0326 e. The Morgan fingerprint density at radius 3 is 2.47 bits per heavy atom. The lowest BCUT2D eigenvalue weighted by atomic mass is 10.0. The molecule has 0 atom stereocenters. The molecule has 0 fully saturated rings. The first kappa shape index (κ1) is 13.2. The van der Waals surface area contributed by atoms with Crippen LogP contribution in [0.2, 0.25) is 0 Å². The third kappa shape index (κ3) is 3.87. The van der Waals surface area contributed by atoms with Gasteiger partial charge in [-0.3, -0.25) is 0 Å². The standard InChI is InChI=1S/C14H15BrS2/c1-10(2)11-3-5-13(6-4-11)17-9-14-7-12(15)8-16-14/h3-8,10H,9H2,1-2H3. The van der Waals surface area contributed by atoms with E-state index in [1.165, 1.54) is 19.8 Å². The predicted octanol–water partition coefficient (Wildman–Crippen LogP) is 5.93. The molecule has 90 valence electrons. The number of thiophene rings is 1. The Bertz CT molecular complexity index is 471. The second-order valence-corrected chi connectivity index (χ2v) is 7.20. The Hall–Kier alpha value is -0.250. The molecule has 0 radical (unpaired) electrons. The average molecular weight is 327 g/mol. The van der Waals surface area contributed by atoms with Crippen LogP contribution in [0.4, 0.5) is 0 Å². The van der Waals surface area contributed by atoms with Crippen LogP contribution in [0.1, 0.15) is 30.2 Å². The number of rotatable bonds is 4. The molecule has 1 aromatic heterocycles. The van der Waals surface area contributed by atoms with Gasteiger partial charge in [-0.1, -0.05) is 26.0 Å². The van der Waals surface area contributed by atoms with Crippen molar-refractivity contribution in [3.8, 4) is 0 Å². The monoisotopic (exact) mass is 326 g/mol. The molecule has 3 heteroatoms. The highest BCUT2D eigenvalue weighted by atomic mass is 79.9. The SMILES string of the molecule is CC(C)c1ccc(SCc2cc(Br)cs2)cc1. The Morgan fingerprint density at radius 2 is 1.94 bits per heavy atom. The first-order valence-corrected chi connectivity index (χ1v) is 8.26. The van der Waals surface area contributed by atoms with Gasteiger partial charge >= 0.3 is 0 Å². The summed E-state index contributed by atoms with van der Waals surface area (Å²) in [6, 6.07) is 11.1. The van der Waals surface area contributed by atoms with E-state index in [0.717, 1.165) is 5.75 Å². The van der Waals surface area contributed by atoms with E-state index in [9.17, 15) is 0 Å². The Morgan fingerprint density at radius 1 is 1.24 bits per heavy atom. The number of hydrogen-bond acceptors (Lipinski definition) is 2. The lowest BCUT2D eigenvalue weighted by molar-refractivity contribution is 0.865. The first-order chi connectivity index (χ1) is 8.15. The van der Waals surface area contributed by atoms with Crippen molar-refractivity contribution in [3.05, 3.63) is 50.6 Å². The molecule has 0 saturated heterocycles. The minimum atomic E-state index is 0.613. The molecular formula is C14H15BrS2. The van der Waals surface area contributed by atoms with Crippen LogP contribution in [0.5, 0.6) is 0 Å². The summed E-state index contributed by atoms with van der Waals surface area (Å²) in [5.74, 6) is 1.67. The van der Waals surface area contributed by atoms with Crippen LogP contribution in [0.25, 0.3) is 0 Å². The summed E-state index contributed by atoms with van der Waals surface area (Å²) >= 11 is 7.19. The van der Waals surface area contributed by atoms with Gasteiger partial charge < -0.3 is 0 Å². The summed E-state index contributed by atoms with van der Waals surface area (Å²) in [6.45, 7) is 4.46. The van der Waals surface area contributed by atoms with E-state index < -0.39 is 0 Å². The molecule has 1 heterocycles. The molecule has 0 aliphatic heterocycles. The van der Waals surface area contributed by atoms with E-state index in [-0.39, 0.29) is 0 Å². The van der Waals surface area contributed by atoms with Crippen LogP contribution in [0.15, 0.2) is 45.1 Å². The summed E-state index contributed by atoms with van der Waals surface area (Å²) in [7, 11) is 0. The van der Waals surface area contributed by atoms with Gasteiger partial charge in [0.05, 0.1) is 0 Å². The molecular weight excluding hydrogens is 312 g/mol. The van der Waals surface area contributed by atoms with Crippen molar-refractivity contribution in [1.29, 1.82) is 0 Å². The van der Waals surface area contributed by atoms with Gasteiger partial charge in [-0.2, -0.15) is 0 Å². The average Bonchev–Trinajstić information content (AvgIpc) is 2.73. The van der Waals surface area contributed by atoms with Gasteiger partial charge in [0.25, 0.3) is 0 Å². The summed E-state index contributed by atoms with van der Waals surface area (Å²) in [4.78, 5) is 2.76. The Kier molecular flexibility index (Phi) is 4.71. The highest BCUT2D eigenvalue weighted by Crippen LogP contribution is 2.28. The zero-order chi connectivity index (χ0) is 12.3. The van der Waals surface area contributed by atoms with Crippen molar-refractivity contribution in [2.24, 2.45) is 0 Å². The van der Waals surface area contributed by atoms with E-state index in [4.69, 9.17) is 0 Å². The maximum atomic E-state index is 3.48. The van der Waals surface area contributed by atoms with Crippen molar-refractivity contribution in [3.63, 3.8) is 0 Å². The fourth-order valence-electron chi connectivity index (χ4n) is 1.53. The minimum absolute atomic E-state index is 0.613. The van der Waals surface area contributed by atoms with Crippen molar-refractivity contribution in [2.45, 2.75) is 30.4 Å². The van der Waals surface area contributed by atoms with E-state index in [2.05, 4.69) is 65.5 Å². The molecule has 0 amide bonds. The van der Waals surface area contributed by atoms with Crippen molar-refractivity contribution < 1.29 is 0 Å². The molecule has 0 N–H and O–H groups in total. The van der Waals surface area contributed by atoms with Gasteiger partial charge in [0.1, 0.15) is 0 Å².